The highest BCUT2D eigenvalue weighted by atomic mass is 16.5. The molecule has 0 aliphatic carbocycles. The first-order valence-corrected chi connectivity index (χ1v) is 7.07. The number of esters is 1. The normalized spacial score (nSPS) is 16.3. The third-order valence-electron chi connectivity index (χ3n) is 3.91. The minimum absolute atomic E-state index is 0.0835. The van der Waals surface area contributed by atoms with Crippen LogP contribution in [0.15, 0.2) is 0 Å². The molecule has 0 heterocycles. The molecule has 0 aromatic heterocycles. The Morgan fingerprint density at radius 1 is 1.18 bits per heavy atom. The van der Waals surface area contributed by atoms with Crippen molar-refractivity contribution in [3.05, 3.63) is 0 Å². The summed E-state index contributed by atoms with van der Waals surface area (Å²) >= 11 is 0. The molecule has 0 aromatic carbocycles. The summed E-state index contributed by atoms with van der Waals surface area (Å²) < 4.78 is 6.31. The topological polar surface area (TPSA) is 26.3 Å². The van der Waals surface area contributed by atoms with E-state index in [-0.39, 0.29) is 5.97 Å². The lowest BCUT2D eigenvalue weighted by Crippen LogP contribution is -2.56. The van der Waals surface area contributed by atoms with Crippen molar-refractivity contribution in [3.8, 4) is 0 Å². The molecule has 0 aromatic rings. The Morgan fingerprint density at radius 3 is 2.24 bits per heavy atom. The number of hydrogen-bond donors (Lipinski definition) is 0. The summed E-state index contributed by atoms with van der Waals surface area (Å²) in [4.78, 5) is 11.2. The Bertz CT molecular complexity index is 218. The Morgan fingerprint density at radius 2 is 1.82 bits per heavy atom. The van der Waals surface area contributed by atoms with Gasteiger partial charge in [0.15, 0.2) is 0 Å². The van der Waals surface area contributed by atoms with E-state index in [4.69, 9.17) is 4.74 Å². The molecular weight excluding hydrogens is 214 g/mol. The minimum atomic E-state index is -0.0835. The molecule has 0 amide bonds. The van der Waals surface area contributed by atoms with Gasteiger partial charge in [0.1, 0.15) is 13.2 Å². The van der Waals surface area contributed by atoms with Gasteiger partial charge in [-0.1, -0.05) is 20.8 Å². The first kappa shape index (κ1) is 16.4. The molecule has 0 N–H and O–H groups in total. The number of hydrogen-bond acceptors (Lipinski definition) is 2. The maximum atomic E-state index is 11.2. The number of nitrogens with zero attached hydrogens (tertiary/aromatic N) is 1. The number of carbonyl (C=O) groups excluding carboxylic acids is 1. The van der Waals surface area contributed by atoms with Crippen LogP contribution in [0, 0.1) is 0 Å². The van der Waals surface area contributed by atoms with Gasteiger partial charge >= 0.3 is 5.97 Å². The number of likely N-dealkylation sites (N-methyl/N-ethyl adjacent to an activating group) is 1. The molecule has 3 nitrogen and oxygen atoms in total. The van der Waals surface area contributed by atoms with E-state index in [0.717, 1.165) is 17.6 Å². The van der Waals surface area contributed by atoms with Gasteiger partial charge in [0.25, 0.3) is 0 Å². The molecule has 17 heavy (non-hydrogen) atoms. The third kappa shape index (κ3) is 5.07. The fourth-order valence-electron chi connectivity index (χ4n) is 2.46. The van der Waals surface area contributed by atoms with E-state index in [1.165, 1.54) is 19.4 Å². The monoisotopic (exact) mass is 244 g/mol. The highest BCUT2D eigenvalue weighted by Gasteiger charge is 2.30. The molecule has 0 aliphatic rings. The highest BCUT2D eigenvalue weighted by molar-refractivity contribution is 5.68. The van der Waals surface area contributed by atoms with Gasteiger partial charge in [-0.2, -0.15) is 0 Å². The first-order chi connectivity index (χ1) is 8.06. The fourth-order valence-corrected chi connectivity index (χ4v) is 2.46. The first-order valence-electron chi connectivity index (χ1n) is 7.07. The van der Waals surface area contributed by atoms with Crippen molar-refractivity contribution in [1.82, 2.24) is 0 Å². The van der Waals surface area contributed by atoms with Crippen LogP contribution in [-0.2, 0) is 9.53 Å². The second-order valence-electron chi connectivity index (χ2n) is 4.81. The molecule has 0 saturated carbocycles. The fraction of sp³-hybridized carbons (Fsp3) is 0.929. The van der Waals surface area contributed by atoms with Crippen LogP contribution in [0.4, 0.5) is 0 Å². The number of ether oxygens (including phenoxy) is 1. The van der Waals surface area contributed by atoms with Gasteiger partial charge in [0.2, 0.25) is 0 Å². The van der Waals surface area contributed by atoms with Gasteiger partial charge in [-0.15, -0.1) is 0 Å². The molecule has 2 unspecified atom stereocenters. The van der Waals surface area contributed by atoms with Crippen LogP contribution in [0.2, 0.25) is 0 Å². The maximum absolute atomic E-state index is 11.2. The second-order valence-corrected chi connectivity index (χ2v) is 4.81. The third-order valence-corrected chi connectivity index (χ3v) is 3.91. The van der Waals surface area contributed by atoms with E-state index in [9.17, 15) is 4.79 Å². The quantitative estimate of drug-likeness (QED) is 0.460. The standard InChI is InChI=1S/C14H30NO2/c1-6-10-15(9-4,13(5)7-2)11-12-17-14(16)8-3/h13H,6-12H2,1-5H3/q+1. The Hall–Kier alpha value is -0.570. The minimum Gasteiger partial charge on any atom is -0.460 e. The molecule has 0 rings (SSSR count). The molecular formula is C14H30NO2+. The lowest BCUT2D eigenvalue weighted by molar-refractivity contribution is -0.948. The van der Waals surface area contributed by atoms with Crippen LogP contribution in [0.25, 0.3) is 0 Å². The van der Waals surface area contributed by atoms with E-state index in [2.05, 4.69) is 27.7 Å². The lowest BCUT2D eigenvalue weighted by atomic mass is 10.1. The summed E-state index contributed by atoms with van der Waals surface area (Å²) in [6.45, 7) is 14.6. The van der Waals surface area contributed by atoms with Crippen molar-refractivity contribution in [2.45, 2.75) is 59.9 Å². The van der Waals surface area contributed by atoms with Gasteiger partial charge in [-0.25, -0.2) is 0 Å². The summed E-state index contributed by atoms with van der Waals surface area (Å²) in [7, 11) is 0. The average Bonchev–Trinajstić information content (AvgIpc) is 2.36. The molecule has 0 radical (unpaired) electrons. The zero-order chi connectivity index (χ0) is 13.3. The van der Waals surface area contributed by atoms with Crippen molar-refractivity contribution in [3.63, 3.8) is 0 Å². The Balaban J connectivity index is 4.41. The molecule has 0 bridgehead atoms. The lowest BCUT2D eigenvalue weighted by Gasteiger charge is -2.42. The van der Waals surface area contributed by atoms with Crippen LogP contribution in [0.1, 0.15) is 53.9 Å². The smallest absolute Gasteiger partial charge is 0.305 e. The van der Waals surface area contributed by atoms with Crippen LogP contribution >= 0.6 is 0 Å². The molecule has 0 fully saturated rings. The summed E-state index contributed by atoms with van der Waals surface area (Å²) in [5.74, 6) is -0.0835. The zero-order valence-electron chi connectivity index (χ0n) is 12.3. The summed E-state index contributed by atoms with van der Waals surface area (Å²) in [5, 5.41) is 0. The summed E-state index contributed by atoms with van der Waals surface area (Å²) in [5.41, 5.74) is 0. The average molecular weight is 244 g/mol. The van der Waals surface area contributed by atoms with Crippen molar-refractivity contribution in [2.75, 3.05) is 26.2 Å². The van der Waals surface area contributed by atoms with Gasteiger partial charge in [0, 0.05) is 6.42 Å². The Labute approximate surface area is 107 Å². The SMILES string of the molecule is CCC[N+](CC)(CCOC(=O)CC)C(C)CC. The van der Waals surface area contributed by atoms with E-state index >= 15 is 0 Å². The van der Waals surface area contributed by atoms with E-state index in [0.29, 0.717) is 19.1 Å². The number of quaternary nitrogens is 1. The van der Waals surface area contributed by atoms with E-state index in [1.54, 1.807) is 0 Å². The van der Waals surface area contributed by atoms with Crippen molar-refractivity contribution >= 4 is 5.97 Å². The zero-order valence-corrected chi connectivity index (χ0v) is 12.3. The van der Waals surface area contributed by atoms with Crippen molar-refractivity contribution in [1.29, 1.82) is 0 Å². The van der Waals surface area contributed by atoms with Crippen LogP contribution in [0.5, 0.6) is 0 Å². The van der Waals surface area contributed by atoms with Crippen molar-refractivity contribution < 1.29 is 14.0 Å². The van der Waals surface area contributed by atoms with E-state index < -0.39 is 0 Å². The van der Waals surface area contributed by atoms with Gasteiger partial charge in [0.05, 0.1) is 19.1 Å². The number of carbonyl (C=O) groups is 1. The Kier molecular flexibility index (Phi) is 8.23. The van der Waals surface area contributed by atoms with Gasteiger partial charge < -0.3 is 9.22 Å². The summed E-state index contributed by atoms with van der Waals surface area (Å²) in [6.07, 6.45) is 2.83. The largest absolute Gasteiger partial charge is 0.460 e. The van der Waals surface area contributed by atoms with Crippen molar-refractivity contribution in [2.24, 2.45) is 0 Å². The molecule has 0 saturated heterocycles. The molecule has 2 atom stereocenters. The molecule has 0 spiro atoms. The predicted octanol–water partition coefficient (Wildman–Crippen LogP) is 2.98. The molecule has 102 valence electrons. The van der Waals surface area contributed by atoms with Crippen LogP contribution in [0.3, 0.4) is 0 Å². The maximum Gasteiger partial charge on any atom is 0.305 e. The highest BCUT2D eigenvalue weighted by Crippen LogP contribution is 2.17. The molecule has 0 aliphatic heterocycles. The van der Waals surface area contributed by atoms with Crippen LogP contribution < -0.4 is 0 Å². The second kappa shape index (κ2) is 8.51. The van der Waals surface area contributed by atoms with Crippen LogP contribution in [-0.4, -0.2) is 42.7 Å². The molecule has 3 heteroatoms. The predicted molar refractivity (Wildman–Crippen MR) is 71.8 cm³/mol. The van der Waals surface area contributed by atoms with Gasteiger partial charge in [-0.3, -0.25) is 4.79 Å². The van der Waals surface area contributed by atoms with E-state index in [1.807, 2.05) is 6.92 Å². The number of rotatable bonds is 9. The summed E-state index contributed by atoms with van der Waals surface area (Å²) in [6, 6.07) is 0.639. The van der Waals surface area contributed by atoms with Gasteiger partial charge in [-0.05, 0) is 26.7 Å².